The van der Waals surface area contributed by atoms with Crippen molar-refractivity contribution in [2.45, 2.75) is 12.8 Å². The van der Waals surface area contributed by atoms with Crippen LogP contribution in [0.1, 0.15) is 12.0 Å². The molecule has 2 heterocycles. The van der Waals surface area contributed by atoms with E-state index in [2.05, 4.69) is 20.8 Å². The molecule has 3 aromatic rings. The highest BCUT2D eigenvalue weighted by molar-refractivity contribution is 7.93. The van der Waals surface area contributed by atoms with Crippen molar-refractivity contribution in [3.63, 3.8) is 0 Å². The molecule has 144 valence electrons. The van der Waals surface area contributed by atoms with Gasteiger partial charge in [0, 0.05) is 12.2 Å². The van der Waals surface area contributed by atoms with Crippen molar-refractivity contribution < 1.29 is 13.2 Å². The second-order valence-corrected chi connectivity index (χ2v) is 8.45. The van der Waals surface area contributed by atoms with Crippen LogP contribution < -0.4 is 9.62 Å². The minimum Gasteiger partial charge on any atom is -0.326 e. The van der Waals surface area contributed by atoms with Crippen LogP contribution >= 0.6 is 0 Å². The number of hydrogen-bond acceptors (Lipinski definition) is 6. The van der Waals surface area contributed by atoms with Gasteiger partial charge in [0.25, 0.3) is 0 Å². The summed E-state index contributed by atoms with van der Waals surface area (Å²) in [5.74, 6) is 0.0225. The van der Waals surface area contributed by atoms with Crippen LogP contribution in [-0.2, 0) is 21.2 Å². The van der Waals surface area contributed by atoms with E-state index in [-0.39, 0.29) is 18.1 Å². The number of nitrogens with zero attached hydrogens (tertiary/aromatic N) is 5. The predicted octanol–water partition coefficient (Wildman–Crippen LogP) is 1.38. The Balaban J connectivity index is 1.37. The van der Waals surface area contributed by atoms with Gasteiger partial charge in [-0.15, -0.1) is 5.10 Å². The molecule has 1 aliphatic rings. The van der Waals surface area contributed by atoms with Gasteiger partial charge >= 0.3 is 0 Å². The van der Waals surface area contributed by atoms with Gasteiger partial charge in [-0.3, -0.25) is 9.10 Å². The zero-order chi connectivity index (χ0) is 19.6. The van der Waals surface area contributed by atoms with Crippen molar-refractivity contribution in [3.05, 3.63) is 60.4 Å². The molecule has 1 aromatic heterocycles. The van der Waals surface area contributed by atoms with Crippen LogP contribution in [0.4, 0.5) is 11.4 Å². The van der Waals surface area contributed by atoms with E-state index in [0.29, 0.717) is 24.3 Å². The van der Waals surface area contributed by atoms with Crippen LogP contribution in [0.15, 0.2) is 54.9 Å². The first-order valence-corrected chi connectivity index (χ1v) is 10.3. The average Bonchev–Trinajstić information content (AvgIpc) is 3.32. The Labute approximate surface area is 162 Å². The molecule has 4 rings (SSSR count). The Bertz CT molecular complexity index is 1060. The number of rotatable bonds is 5. The van der Waals surface area contributed by atoms with Gasteiger partial charge in [0.05, 0.1) is 23.5 Å². The monoisotopic (exact) mass is 398 g/mol. The van der Waals surface area contributed by atoms with Crippen molar-refractivity contribution in [2.75, 3.05) is 21.9 Å². The van der Waals surface area contributed by atoms with Crippen molar-refractivity contribution in [2.24, 2.45) is 0 Å². The lowest BCUT2D eigenvalue weighted by Crippen LogP contribution is -2.25. The van der Waals surface area contributed by atoms with Crippen LogP contribution in [0.25, 0.3) is 5.69 Å². The summed E-state index contributed by atoms with van der Waals surface area (Å²) in [6, 6.07) is 14.2. The largest absolute Gasteiger partial charge is 0.326 e. The van der Waals surface area contributed by atoms with Gasteiger partial charge < -0.3 is 5.32 Å². The smallest absolute Gasteiger partial charge is 0.235 e. The highest BCUT2D eigenvalue weighted by Gasteiger charge is 2.28. The number of carbonyl (C=O) groups is 1. The van der Waals surface area contributed by atoms with Gasteiger partial charge in [-0.25, -0.2) is 13.1 Å². The van der Waals surface area contributed by atoms with Gasteiger partial charge in [-0.05, 0) is 58.8 Å². The molecule has 10 heteroatoms. The molecular weight excluding hydrogens is 380 g/mol. The number of sulfonamides is 1. The average molecular weight is 398 g/mol. The first-order chi connectivity index (χ1) is 13.5. The van der Waals surface area contributed by atoms with Gasteiger partial charge in [0.15, 0.2) is 0 Å². The molecule has 2 aromatic carbocycles. The third-order valence-corrected chi connectivity index (χ3v) is 6.32. The van der Waals surface area contributed by atoms with E-state index < -0.39 is 10.0 Å². The molecule has 1 aliphatic heterocycles. The molecule has 1 fully saturated rings. The van der Waals surface area contributed by atoms with Crippen molar-refractivity contribution in [1.82, 2.24) is 20.2 Å². The molecule has 0 radical (unpaired) electrons. The summed E-state index contributed by atoms with van der Waals surface area (Å²) in [6.45, 7) is 0.495. The van der Waals surface area contributed by atoms with Gasteiger partial charge in [-0.1, -0.05) is 12.1 Å². The summed E-state index contributed by atoms with van der Waals surface area (Å²) >= 11 is 0. The zero-order valence-corrected chi connectivity index (χ0v) is 15.7. The highest BCUT2D eigenvalue weighted by atomic mass is 32.2. The number of nitrogens with one attached hydrogen (secondary N) is 1. The standard InChI is InChI=1S/C18H18N6O3S/c25-18(12-14-2-6-16(7-3-14)23-13-19-21-22-23)20-15-4-8-17(9-5-15)24-10-1-11-28(24,26)27/h2-9,13H,1,10-12H2,(H,20,25). The van der Waals surface area contributed by atoms with E-state index in [1.54, 1.807) is 24.3 Å². The fraction of sp³-hybridized carbons (Fsp3) is 0.222. The van der Waals surface area contributed by atoms with Gasteiger partial charge in [0.1, 0.15) is 6.33 Å². The van der Waals surface area contributed by atoms with E-state index in [1.165, 1.54) is 15.3 Å². The quantitative estimate of drug-likeness (QED) is 0.695. The van der Waals surface area contributed by atoms with Crippen LogP contribution in [0.5, 0.6) is 0 Å². The van der Waals surface area contributed by atoms with Crippen LogP contribution in [-0.4, -0.2) is 46.8 Å². The first-order valence-electron chi connectivity index (χ1n) is 8.74. The maximum atomic E-state index is 12.3. The van der Waals surface area contributed by atoms with Crippen molar-refractivity contribution in [1.29, 1.82) is 0 Å². The topological polar surface area (TPSA) is 110 Å². The third-order valence-electron chi connectivity index (χ3n) is 4.45. The zero-order valence-electron chi connectivity index (χ0n) is 14.9. The molecule has 0 unspecified atom stereocenters. The number of tetrazole rings is 1. The fourth-order valence-electron chi connectivity index (χ4n) is 3.08. The first kappa shape index (κ1) is 18.1. The molecule has 1 amide bonds. The maximum absolute atomic E-state index is 12.3. The summed E-state index contributed by atoms with van der Waals surface area (Å²) in [7, 11) is -3.20. The van der Waals surface area contributed by atoms with E-state index in [4.69, 9.17) is 0 Å². The van der Waals surface area contributed by atoms with Gasteiger partial charge in [0.2, 0.25) is 15.9 Å². The highest BCUT2D eigenvalue weighted by Crippen LogP contribution is 2.25. The fourth-order valence-corrected chi connectivity index (χ4v) is 4.64. The molecule has 0 bridgehead atoms. The summed E-state index contributed by atoms with van der Waals surface area (Å²) in [6.07, 6.45) is 2.35. The number of anilines is 2. The molecule has 1 saturated heterocycles. The molecular formula is C18H18N6O3S. The Morgan fingerprint density at radius 2 is 1.75 bits per heavy atom. The summed E-state index contributed by atoms with van der Waals surface area (Å²) in [4.78, 5) is 12.3. The summed E-state index contributed by atoms with van der Waals surface area (Å²) < 4.78 is 26.9. The lowest BCUT2D eigenvalue weighted by molar-refractivity contribution is -0.115. The Hall–Kier alpha value is -3.27. The van der Waals surface area contributed by atoms with Crippen LogP contribution in [0.2, 0.25) is 0 Å². The maximum Gasteiger partial charge on any atom is 0.235 e. The number of amides is 1. The Morgan fingerprint density at radius 3 is 2.36 bits per heavy atom. The summed E-state index contributed by atoms with van der Waals surface area (Å²) in [5, 5.41) is 13.8. The van der Waals surface area contributed by atoms with E-state index in [0.717, 1.165) is 11.3 Å². The van der Waals surface area contributed by atoms with Crippen molar-refractivity contribution >= 4 is 27.3 Å². The normalized spacial score (nSPS) is 15.5. The molecule has 9 nitrogen and oxygen atoms in total. The lowest BCUT2D eigenvalue weighted by atomic mass is 10.1. The van der Waals surface area contributed by atoms with Crippen molar-refractivity contribution in [3.8, 4) is 5.69 Å². The van der Waals surface area contributed by atoms with E-state index in [1.807, 2.05) is 24.3 Å². The molecule has 0 spiro atoms. The molecule has 0 aliphatic carbocycles. The summed E-state index contributed by atoms with van der Waals surface area (Å²) in [5.41, 5.74) is 2.90. The predicted molar refractivity (Wildman–Crippen MR) is 104 cm³/mol. The Morgan fingerprint density at radius 1 is 1.04 bits per heavy atom. The van der Waals surface area contributed by atoms with Crippen LogP contribution in [0, 0.1) is 0 Å². The SMILES string of the molecule is O=C(Cc1ccc(-n2cnnn2)cc1)Nc1ccc(N2CCCS2(=O)=O)cc1. The third kappa shape index (κ3) is 3.86. The van der Waals surface area contributed by atoms with E-state index >= 15 is 0 Å². The molecule has 0 saturated carbocycles. The molecule has 28 heavy (non-hydrogen) atoms. The van der Waals surface area contributed by atoms with Crippen LogP contribution in [0.3, 0.4) is 0 Å². The van der Waals surface area contributed by atoms with Gasteiger partial charge in [-0.2, -0.15) is 0 Å². The number of hydrogen-bond donors (Lipinski definition) is 1. The lowest BCUT2D eigenvalue weighted by Gasteiger charge is -2.17. The Kier molecular flexibility index (Phi) is 4.78. The second-order valence-electron chi connectivity index (χ2n) is 6.43. The molecule has 0 atom stereocenters. The second kappa shape index (κ2) is 7.39. The minimum atomic E-state index is -3.20. The number of aromatic nitrogens is 4. The van der Waals surface area contributed by atoms with E-state index in [9.17, 15) is 13.2 Å². The molecule has 1 N–H and O–H groups in total. The minimum absolute atomic E-state index is 0.156. The number of benzene rings is 2. The number of carbonyl (C=O) groups excluding carboxylic acids is 1.